The quantitative estimate of drug-likeness (QED) is 0.515. The number of benzene rings is 1. The van der Waals surface area contributed by atoms with Gasteiger partial charge in [0.25, 0.3) is 11.6 Å². The lowest BCUT2D eigenvalue weighted by Crippen LogP contribution is -2.35. The minimum absolute atomic E-state index is 0.0513. The van der Waals surface area contributed by atoms with Gasteiger partial charge in [0.15, 0.2) is 0 Å². The lowest BCUT2D eigenvalue weighted by atomic mass is 9.96. The number of carbonyl (C=O) groups excluding carboxylic acids is 1. The van der Waals surface area contributed by atoms with Crippen LogP contribution in [0, 0.1) is 15.5 Å². The van der Waals surface area contributed by atoms with E-state index in [1.807, 2.05) is 13.8 Å². The predicted octanol–water partition coefficient (Wildman–Crippen LogP) is 3.24. The van der Waals surface area contributed by atoms with Gasteiger partial charge in [0.05, 0.1) is 9.95 Å². The Kier molecular flexibility index (Phi) is 5.14. The van der Waals surface area contributed by atoms with Crippen molar-refractivity contribution in [1.29, 1.82) is 0 Å². The Morgan fingerprint density at radius 1 is 1.47 bits per heavy atom. The van der Waals surface area contributed by atoms with Crippen molar-refractivity contribution in [3.05, 3.63) is 38.9 Å². The second-order valence-electron chi connectivity index (χ2n) is 4.87. The highest BCUT2D eigenvalue weighted by molar-refractivity contribution is 6.34. The molecule has 0 atom stereocenters. The van der Waals surface area contributed by atoms with Crippen LogP contribution in [-0.2, 0) is 0 Å². The average molecular weight is 305 g/mol. The van der Waals surface area contributed by atoms with Crippen molar-refractivity contribution in [3.63, 3.8) is 0 Å². The molecule has 0 aliphatic carbocycles. The highest BCUT2D eigenvalue weighted by atomic mass is 35.5. The Balaban J connectivity index is 2.97. The molecule has 0 radical (unpaired) electrons. The molecule has 0 fully saturated rings. The van der Waals surface area contributed by atoms with Crippen molar-refractivity contribution >= 4 is 34.8 Å². The molecular formula is C12H14Cl2N2O3. The van der Waals surface area contributed by atoms with Crippen molar-refractivity contribution in [1.82, 2.24) is 5.32 Å². The van der Waals surface area contributed by atoms with Crippen LogP contribution in [0.1, 0.15) is 24.2 Å². The molecule has 7 heteroatoms. The normalized spacial score (nSPS) is 11.2. The number of nitro groups is 1. The molecule has 1 rings (SSSR count). The number of hydrogen-bond donors (Lipinski definition) is 1. The predicted molar refractivity (Wildman–Crippen MR) is 74.9 cm³/mol. The lowest BCUT2D eigenvalue weighted by Gasteiger charge is -2.21. The molecular weight excluding hydrogens is 291 g/mol. The molecule has 1 aromatic rings. The molecule has 0 aliphatic heterocycles. The highest BCUT2D eigenvalue weighted by Crippen LogP contribution is 2.26. The van der Waals surface area contributed by atoms with Crippen LogP contribution >= 0.6 is 23.2 Å². The summed E-state index contributed by atoms with van der Waals surface area (Å²) in [7, 11) is 0. The van der Waals surface area contributed by atoms with E-state index in [-0.39, 0.29) is 21.7 Å². The van der Waals surface area contributed by atoms with E-state index >= 15 is 0 Å². The largest absolute Gasteiger partial charge is 0.351 e. The average Bonchev–Trinajstić information content (AvgIpc) is 2.35. The van der Waals surface area contributed by atoms with Crippen molar-refractivity contribution in [3.8, 4) is 0 Å². The summed E-state index contributed by atoms with van der Waals surface area (Å²) in [5.74, 6) is -0.215. The Hall–Kier alpha value is -1.33. The van der Waals surface area contributed by atoms with Crippen molar-refractivity contribution in [2.75, 3.05) is 12.4 Å². The highest BCUT2D eigenvalue weighted by Gasteiger charge is 2.25. The smallest absolute Gasteiger partial charge is 0.283 e. The summed E-state index contributed by atoms with van der Waals surface area (Å²) < 4.78 is 0. The topological polar surface area (TPSA) is 72.2 Å². The van der Waals surface area contributed by atoms with Crippen LogP contribution < -0.4 is 5.32 Å². The molecule has 5 nitrogen and oxygen atoms in total. The van der Waals surface area contributed by atoms with Gasteiger partial charge in [-0.3, -0.25) is 14.9 Å². The number of amides is 1. The van der Waals surface area contributed by atoms with Crippen LogP contribution in [0.4, 0.5) is 5.69 Å². The van der Waals surface area contributed by atoms with Gasteiger partial charge in [-0.15, -0.1) is 11.6 Å². The first-order valence-corrected chi connectivity index (χ1v) is 6.47. The third-order valence-corrected chi connectivity index (χ3v) is 3.54. The second kappa shape index (κ2) is 6.21. The zero-order chi connectivity index (χ0) is 14.6. The molecule has 1 amide bonds. The number of hydrogen-bond acceptors (Lipinski definition) is 3. The van der Waals surface area contributed by atoms with E-state index in [0.29, 0.717) is 12.4 Å². The Labute approximate surface area is 121 Å². The fourth-order valence-corrected chi connectivity index (χ4v) is 1.69. The number of nitro benzene ring substituents is 1. The van der Waals surface area contributed by atoms with Gasteiger partial charge in [-0.1, -0.05) is 31.5 Å². The summed E-state index contributed by atoms with van der Waals surface area (Å²) >= 11 is 11.6. The van der Waals surface area contributed by atoms with Crippen molar-refractivity contribution < 1.29 is 9.72 Å². The van der Waals surface area contributed by atoms with Crippen LogP contribution in [0.5, 0.6) is 0 Å². The molecule has 0 aliphatic rings. The maximum absolute atomic E-state index is 12.0. The van der Waals surface area contributed by atoms with Crippen LogP contribution in [-0.4, -0.2) is 23.3 Å². The monoisotopic (exact) mass is 304 g/mol. The number of alkyl halides is 1. The van der Waals surface area contributed by atoms with Gasteiger partial charge in [-0.2, -0.15) is 0 Å². The fourth-order valence-electron chi connectivity index (χ4n) is 1.34. The molecule has 0 saturated heterocycles. The molecule has 0 spiro atoms. The van der Waals surface area contributed by atoms with Gasteiger partial charge in [0.1, 0.15) is 5.56 Å². The number of rotatable bonds is 5. The summed E-state index contributed by atoms with van der Waals surface area (Å²) in [6.07, 6.45) is 0. The number of nitrogens with one attached hydrogen (secondary N) is 1. The summed E-state index contributed by atoms with van der Waals surface area (Å²) in [5.41, 5.74) is -0.735. The van der Waals surface area contributed by atoms with Gasteiger partial charge in [0, 0.05) is 18.5 Å². The van der Waals surface area contributed by atoms with Crippen LogP contribution in [0.25, 0.3) is 0 Å². The van der Waals surface area contributed by atoms with Crippen molar-refractivity contribution in [2.24, 2.45) is 5.41 Å². The minimum Gasteiger partial charge on any atom is -0.351 e. The van der Waals surface area contributed by atoms with E-state index in [4.69, 9.17) is 23.2 Å². The van der Waals surface area contributed by atoms with E-state index in [0.717, 1.165) is 0 Å². The molecule has 104 valence electrons. The van der Waals surface area contributed by atoms with E-state index in [1.54, 1.807) is 0 Å². The van der Waals surface area contributed by atoms with Crippen LogP contribution in [0.15, 0.2) is 18.2 Å². The zero-order valence-corrected chi connectivity index (χ0v) is 12.1. The number of halogens is 2. The second-order valence-corrected chi connectivity index (χ2v) is 5.55. The molecule has 0 heterocycles. The first-order chi connectivity index (χ1) is 8.78. The Morgan fingerprint density at radius 3 is 2.63 bits per heavy atom. The summed E-state index contributed by atoms with van der Waals surface area (Å²) in [4.78, 5) is 22.3. The van der Waals surface area contributed by atoms with Gasteiger partial charge in [0.2, 0.25) is 0 Å². The minimum atomic E-state index is -0.631. The summed E-state index contributed by atoms with van der Waals surface area (Å²) in [6, 6.07) is 4.11. The first-order valence-electron chi connectivity index (χ1n) is 5.55. The molecule has 0 bridgehead atoms. The van der Waals surface area contributed by atoms with Gasteiger partial charge >= 0.3 is 0 Å². The maximum atomic E-state index is 12.0. The maximum Gasteiger partial charge on any atom is 0.283 e. The SMILES string of the molecule is CC(C)(CCl)CNC(=O)c1c(Cl)cccc1[N+](=O)[O-]. The lowest BCUT2D eigenvalue weighted by molar-refractivity contribution is -0.385. The molecule has 0 unspecified atom stereocenters. The number of nitrogens with zero attached hydrogens (tertiary/aromatic N) is 1. The van der Waals surface area contributed by atoms with Crippen molar-refractivity contribution in [2.45, 2.75) is 13.8 Å². The molecule has 19 heavy (non-hydrogen) atoms. The summed E-state index contributed by atoms with van der Waals surface area (Å²) in [5, 5.41) is 13.5. The van der Waals surface area contributed by atoms with Gasteiger partial charge < -0.3 is 5.32 Å². The molecule has 1 aromatic carbocycles. The van der Waals surface area contributed by atoms with Gasteiger partial charge in [-0.25, -0.2) is 0 Å². The molecule has 1 N–H and O–H groups in total. The molecule has 0 saturated carbocycles. The number of carbonyl (C=O) groups is 1. The van der Waals surface area contributed by atoms with Crippen LogP contribution in [0.3, 0.4) is 0 Å². The first kappa shape index (κ1) is 15.7. The van der Waals surface area contributed by atoms with E-state index in [9.17, 15) is 14.9 Å². The standard InChI is InChI=1S/C12H14Cl2N2O3/c1-12(2,6-13)7-15-11(17)10-8(14)4-3-5-9(10)16(18)19/h3-5H,6-7H2,1-2H3,(H,15,17). The third-order valence-electron chi connectivity index (χ3n) is 2.50. The fraction of sp³-hybridized carbons (Fsp3) is 0.417. The zero-order valence-electron chi connectivity index (χ0n) is 10.6. The van der Waals surface area contributed by atoms with E-state index < -0.39 is 10.8 Å². The Bertz CT molecular complexity index is 504. The molecule has 0 aromatic heterocycles. The van der Waals surface area contributed by atoms with E-state index in [1.165, 1.54) is 18.2 Å². The Morgan fingerprint density at radius 2 is 2.11 bits per heavy atom. The van der Waals surface area contributed by atoms with Gasteiger partial charge in [-0.05, 0) is 11.5 Å². The van der Waals surface area contributed by atoms with Crippen LogP contribution in [0.2, 0.25) is 5.02 Å². The van der Waals surface area contributed by atoms with E-state index in [2.05, 4.69) is 5.32 Å². The third kappa shape index (κ3) is 4.08. The summed E-state index contributed by atoms with van der Waals surface area (Å²) in [6.45, 7) is 4.06.